The molecule has 0 aliphatic heterocycles. The van der Waals surface area contributed by atoms with Crippen LogP contribution in [-0.2, 0) is 14.3 Å². The molecule has 0 atom stereocenters. The van der Waals surface area contributed by atoms with Crippen LogP contribution in [-0.4, -0.2) is 11.9 Å². The topological polar surface area (TPSA) is 43.4 Å². The van der Waals surface area contributed by atoms with Crippen LogP contribution in [0.15, 0.2) is 12.2 Å². The fraction of sp³-hybridized carbons (Fsp3) is 0.889. The van der Waals surface area contributed by atoms with Gasteiger partial charge in [-0.25, -0.2) is 4.79 Å². The van der Waals surface area contributed by atoms with Gasteiger partial charge in [0.1, 0.15) is 0 Å². The van der Waals surface area contributed by atoms with Crippen LogP contribution in [0.1, 0.15) is 206 Å². The predicted octanol–water partition coefficient (Wildman–Crippen LogP) is 12.4. The highest BCUT2D eigenvalue weighted by molar-refractivity contribution is 5.95. The number of carbonyl (C=O) groups is 2. The molecule has 3 heteroatoms. The van der Waals surface area contributed by atoms with Gasteiger partial charge in [0.25, 0.3) is 0 Å². The Hall–Kier alpha value is -1.12. The van der Waals surface area contributed by atoms with Gasteiger partial charge in [-0.2, -0.15) is 0 Å². The third-order valence-electron chi connectivity index (χ3n) is 8.04. The Bertz CT molecular complexity index is 554. The van der Waals surface area contributed by atoms with Crippen molar-refractivity contribution in [2.75, 3.05) is 0 Å². The minimum atomic E-state index is -0.601. The summed E-state index contributed by atoms with van der Waals surface area (Å²) >= 11 is 0. The maximum absolute atomic E-state index is 11.5. The van der Waals surface area contributed by atoms with E-state index in [-0.39, 0.29) is 5.57 Å². The van der Waals surface area contributed by atoms with Gasteiger partial charge in [0.15, 0.2) is 0 Å². The van der Waals surface area contributed by atoms with Crippen molar-refractivity contribution in [2.45, 2.75) is 206 Å². The van der Waals surface area contributed by atoms with Crippen molar-refractivity contribution in [3.8, 4) is 0 Å². The van der Waals surface area contributed by atoms with Crippen molar-refractivity contribution in [2.24, 2.45) is 0 Å². The van der Waals surface area contributed by atoms with Crippen molar-refractivity contribution < 1.29 is 14.3 Å². The first-order chi connectivity index (χ1) is 19.1. The molecule has 0 rings (SSSR count). The molecule has 0 amide bonds. The molecule has 0 heterocycles. The van der Waals surface area contributed by atoms with E-state index in [9.17, 15) is 9.59 Å². The molecule has 0 aliphatic rings. The number of rotatable bonds is 31. The van der Waals surface area contributed by atoms with E-state index in [1.165, 1.54) is 173 Å². The van der Waals surface area contributed by atoms with Gasteiger partial charge in [-0.3, -0.25) is 4.79 Å². The smallest absolute Gasteiger partial charge is 0.340 e. The number of esters is 2. The van der Waals surface area contributed by atoms with E-state index in [1.807, 2.05) is 0 Å². The fourth-order valence-electron chi connectivity index (χ4n) is 5.36. The average molecular weight is 549 g/mol. The molecule has 0 aromatic carbocycles. The molecule has 3 nitrogen and oxygen atoms in total. The van der Waals surface area contributed by atoms with Gasteiger partial charge in [0, 0.05) is 12.0 Å². The first-order valence-electron chi connectivity index (χ1n) is 17.5. The number of unbranched alkanes of at least 4 members (excludes halogenated alkanes) is 28. The van der Waals surface area contributed by atoms with Crippen LogP contribution in [0.25, 0.3) is 0 Å². The van der Waals surface area contributed by atoms with E-state index >= 15 is 0 Å². The summed E-state index contributed by atoms with van der Waals surface area (Å²) in [5, 5.41) is 0. The number of hydrogen-bond donors (Lipinski definition) is 0. The standard InChI is InChI=1S/C36H68O3/c1-4-5-6-7-8-9-10-11-12-13-14-15-16-17-18-19-20-21-22-23-24-25-26-27-28-29-30-31-32-33-35(37)39-36(38)34(2)3/h2,4-33H2,1,3H3. The quantitative estimate of drug-likeness (QED) is 0.0374. The Labute approximate surface area is 244 Å². The van der Waals surface area contributed by atoms with Crippen LogP contribution in [0.5, 0.6) is 0 Å². The van der Waals surface area contributed by atoms with Gasteiger partial charge in [-0.1, -0.05) is 193 Å². The highest BCUT2D eigenvalue weighted by Crippen LogP contribution is 2.16. The van der Waals surface area contributed by atoms with Crippen LogP contribution in [0.3, 0.4) is 0 Å². The summed E-state index contributed by atoms with van der Waals surface area (Å²) in [4.78, 5) is 22.8. The van der Waals surface area contributed by atoms with Crippen molar-refractivity contribution in [3.63, 3.8) is 0 Å². The number of ether oxygens (including phenoxy) is 1. The maximum atomic E-state index is 11.5. The molecule has 0 saturated heterocycles. The Morgan fingerprint density at radius 2 is 0.667 bits per heavy atom. The summed E-state index contributed by atoms with van der Waals surface area (Å²) in [6.45, 7) is 7.33. The van der Waals surface area contributed by atoms with Crippen LogP contribution in [0.4, 0.5) is 0 Å². The third-order valence-corrected chi connectivity index (χ3v) is 8.04. The summed E-state index contributed by atoms with van der Waals surface area (Å²) < 4.78 is 4.70. The van der Waals surface area contributed by atoms with Gasteiger partial charge in [-0.15, -0.1) is 0 Å². The Morgan fingerprint density at radius 3 is 0.897 bits per heavy atom. The second-order valence-electron chi connectivity index (χ2n) is 12.2. The fourth-order valence-corrected chi connectivity index (χ4v) is 5.36. The van der Waals surface area contributed by atoms with Crippen molar-refractivity contribution in [1.29, 1.82) is 0 Å². The SMILES string of the molecule is C=C(C)C(=O)OC(=O)CCCCCCCCCCCCCCCCCCCCCCCCCCCCCCC. The third kappa shape index (κ3) is 31.3. The normalized spacial score (nSPS) is 11.1. The van der Waals surface area contributed by atoms with Gasteiger partial charge in [0.05, 0.1) is 0 Å². The molecule has 0 radical (unpaired) electrons. The second kappa shape index (κ2) is 31.4. The van der Waals surface area contributed by atoms with Crippen molar-refractivity contribution >= 4 is 11.9 Å². The minimum absolute atomic E-state index is 0.272. The highest BCUT2D eigenvalue weighted by Gasteiger charge is 2.10. The molecule has 230 valence electrons. The lowest BCUT2D eigenvalue weighted by Crippen LogP contribution is -2.12. The zero-order valence-corrected chi connectivity index (χ0v) is 26.6. The largest absolute Gasteiger partial charge is 0.390 e. The second-order valence-corrected chi connectivity index (χ2v) is 12.2. The Balaban J connectivity index is 3.12. The van der Waals surface area contributed by atoms with E-state index in [0.717, 1.165) is 12.8 Å². The molecule has 0 aromatic heterocycles. The summed E-state index contributed by atoms with van der Waals surface area (Å²) in [7, 11) is 0. The molecule has 0 aromatic rings. The molecule has 0 bridgehead atoms. The summed E-state index contributed by atoms with van der Waals surface area (Å²) in [5.74, 6) is -1.02. The summed E-state index contributed by atoms with van der Waals surface area (Å²) in [6.07, 6.45) is 40.4. The molecule has 0 N–H and O–H groups in total. The van der Waals surface area contributed by atoms with Crippen LogP contribution in [0.2, 0.25) is 0 Å². The predicted molar refractivity (Wildman–Crippen MR) is 170 cm³/mol. The van der Waals surface area contributed by atoms with E-state index in [1.54, 1.807) is 6.92 Å². The van der Waals surface area contributed by atoms with Crippen LogP contribution in [0, 0.1) is 0 Å². The zero-order valence-electron chi connectivity index (χ0n) is 26.6. The molecule has 39 heavy (non-hydrogen) atoms. The van der Waals surface area contributed by atoms with Crippen molar-refractivity contribution in [3.05, 3.63) is 12.2 Å². The molecule has 0 aliphatic carbocycles. The molecule has 0 saturated carbocycles. The van der Waals surface area contributed by atoms with Gasteiger partial charge < -0.3 is 4.74 Å². The van der Waals surface area contributed by atoms with Crippen LogP contribution >= 0.6 is 0 Å². The first-order valence-corrected chi connectivity index (χ1v) is 17.5. The van der Waals surface area contributed by atoms with Crippen molar-refractivity contribution in [1.82, 2.24) is 0 Å². The average Bonchev–Trinajstić information content (AvgIpc) is 2.92. The van der Waals surface area contributed by atoms with Gasteiger partial charge in [-0.05, 0) is 13.3 Å². The number of hydrogen-bond acceptors (Lipinski definition) is 3. The Kier molecular flexibility index (Phi) is 30.5. The highest BCUT2D eigenvalue weighted by atomic mass is 16.6. The van der Waals surface area contributed by atoms with Gasteiger partial charge in [0.2, 0.25) is 0 Å². The van der Waals surface area contributed by atoms with E-state index in [4.69, 9.17) is 4.74 Å². The zero-order chi connectivity index (χ0) is 28.7. The lowest BCUT2D eigenvalue weighted by molar-refractivity contribution is -0.156. The van der Waals surface area contributed by atoms with E-state index in [2.05, 4.69) is 13.5 Å². The van der Waals surface area contributed by atoms with E-state index < -0.39 is 11.9 Å². The molecular weight excluding hydrogens is 480 g/mol. The summed E-state index contributed by atoms with van der Waals surface area (Å²) in [5.41, 5.74) is 0.272. The maximum Gasteiger partial charge on any atom is 0.340 e. The first kappa shape index (κ1) is 37.9. The van der Waals surface area contributed by atoms with E-state index in [0.29, 0.717) is 6.42 Å². The molecule has 0 spiro atoms. The number of carbonyl (C=O) groups excluding carboxylic acids is 2. The Morgan fingerprint density at radius 1 is 0.436 bits per heavy atom. The summed E-state index contributed by atoms with van der Waals surface area (Å²) in [6, 6.07) is 0. The molecule has 0 unspecified atom stereocenters. The van der Waals surface area contributed by atoms with Crippen LogP contribution < -0.4 is 0 Å². The lowest BCUT2D eigenvalue weighted by atomic mass is 10.0. The van der Waals surface area contributed by atoms with Gasteiger partial charge >= 0.3 is 11.9 Å². The lowest BCUT2D eigenvalue weighted by Gasteiger charge is -2.05. The molecular formula is C36H68O3. The molecule has 0 fully saturated rings. The monoisotopic (exact) mass is 549 g/mol. The minimum Gasteiger partial charge on any atom is -0.390 e.